The Bertz CT molecular complexity index is 1230. The van der Waals surface area contributed by atoms with Crippen molar-refractivity contribution in [1.29, 1.82) is 0 Å². The van der Waals surface area contributed by atoms with Gasteiger partial charge in [0.1, 0.15) is 17.0 Å². The molecule has 0 unspecified atom stereocenters. The normalized spacial score (nSPS) is 16.2. The highest BCUT2D eigenvalue weighted by atomic mass is 19.4. The zero-order valence-corrected chi connectivity index (χ0v) is 15.3. The molecular formula is C19H14F5N5O. The van der Waals surface area contributed by atoms with Crippen molar-refractivity contribution in [2.24, 2.45) is 0 Å². The number of halogens is 5. The van der Waals surface area contributed by atoms with Crippen LogP contribution in [0.25, 0.3) is 28.3 Å². The number of aromatic nitrogens is 5. The van der Waals surface area contributed by atoms with Crippen LogP contribution in [0.4, 0.5) is 22.0 Å². The monoisotopic (exact) mass is 423 g/mol. The average Bonchev–Trinajstić information content (AvgIpc) is 3.47. The summed E-state index contributed by atoms with van der Waals surface area (Å²) in [6.07, 6.45) is -0.0294. The van der Waals surface area contributed by atoms with E-state index in [-0.39, 0.29) is 34.2 Å². The first-order chi connectivity index (χ1) is 14.3. The van der Waals surface area contributed by atoms with Crippen LogP contribution in [0.2, 0.25) is 0 Å². The number of rotatable bonds is 3. The number of hydrogen-bond donors (Lipinski definition) is 0. The molecule has 11 heteroatoms. The third-order valence-corrected chi connectivity index (χ3v) is 5.47. The maximum absolute atomic E-state index is 14.5. The highest BCUT2D eigenvalue weighted by Crippen LogP contribution is 2.47. The molecule has 1 saturated carbocycles. The molecule has 0 amide bonds. The van der Waals surface area contributed by atoms with Crippen LogP contribution in [0.1, 0.15) is 42.9 Å². The predicted octanol–water partition coefficient (Wildman–Crippen LogP) is 5.24. The van der Waals surface area contributed by atoms with Crippen molar-refractivity contribution in [3.05, 3.63) is 42.0 Å². The molecule has 5 rings (SSSR count). The van der Waals surface area contributed by atoms with Gasteiger partial charge in [-0.3, -0.25) is 4.40 Å². The van der Waals surface area contributed by atoms with E-state index in [1.54, 1.807) is 0 Å². The fourth-order valence-corrected chi connectivity index (χ4v) is 3.98. The largest absolute Gasteiger partial charge is 0.458 e. The topological polar surface area (TPSA) is 69.1 Å². The molecule has 0 aliphatic heterocycles. The van der Waals surface area contributed by atoms with E-state index in [0.29, 0.717) is 18.5 Å². The summed E-state index contributed by atoms with van der Waals surface area (Å²) in [7, 11) is 0. The lowest BCUT2D eigenvalue weighted by atomic mass is 9.97. The number of alkyl halides is 5. The third-order valence-electron chi connectivity index (χ3n) is 5.47. The van der Waals surface area contributed by atoms with E-state index in [1.807, 2.05) is 0 Å². The van der Waals surface area contributed by atoms with Crippen molar-refractivity contribution in [2.75, 3.05) is 0 Å². The minimum atomic E-state index is -5.73. The maximum atomic E-state index is 14.5. The Morgan fingerprint density at radius 2 is 1.80 bits per heavy atom. The Labute approximate surface area is 165 Å². The quantitative estimate of drug-likeness (QED) is 0.422. The molecular weight excluding hydrogens is 409 g/mol. The second-order valence-corrected chi connectivity index (χ2v) is 7.32. The summed E-state index contributed by atoms with van der Waals surface area (Å²) in [4.78, 5) is 8.78. The Hall–Kier alpha value is -3.11. The summed E-state index contributed by atoms with van der Waals surface area (Å²) in [5.74, 6) is -5.09. The van der Waals surface area contributed by atoms with E-state index < -0.39 is 17.7 Å². The van der Waals surface area contributed by atoms with E-state index in [4.69, 9.17) is 4.42 Å². The van der Waals surface area contributed by atoms with Gasteiger partial charge in [-0.1, -0.05) is 12.8 Å². The third kappa shape index (κ3) is 2.83. The minimum absolute atomic E-state index is 0.0194. The van der Waals surface area contributed by atoms with Gasteiger partial charge in [0.2, 0.25) is 6.39 Å². The fraction of sp³-hybridized carbons (Fsp3) is 0.368. The first-order valence-electron chi connectivity index (χ1n) is 9.30. The molecule has 1 aliphatic carbocycles. The first-order valence-corrected chi connectivity index (χ1v) is 9.30. The summed E-state index contributed by atoms with van der Waals surface area (Å²) in [5, 5.41) is 7.02. The zero-order valence-electron chi connectivity index (χ0n) is 15.3. The molecule has 4 heterocycles. The van der Waals surface area contributed by atoms with Crippen molar-refractivity contribution in [1.82, 2.24) is 24.6 Å². The zero-order chi connectivity index (χ0) is 21.1. The molecule has 0 bridgehead atoms. The Kier molecular flexibility index (Phi) is 4.06. The van der Waals surface area contributed by atoms with Crippen LogP contribution in [-0.4, -0.2) is 30.7 Å². The SMILES string of the molecule is FC(F)(F)C(F)(F)c1cc(C2CCCC2)nc2c1ccc1nc(-c3nnco3)cn12. The first kappa shape index (κ1) is 18.9. The molecule has 1 fully saturated rings. The smallest absolute Gasteiger partial charge is 0.422 e. The molecule has 4 aromatic heterocycles. The van der Waals surface area contributed by atoms with Gasteiger partial charge in [-0.2, -0.15) is 22.0 Å². The predicted molar refractivity (Wildman–Crippen MR) is 94.9 cm³/mol. The van der Waals surface area contributed by atoms with Crippen LogP contribution >= 0.6 is 0 Å². The van der Waals surface area contributed by atoms with Crippen LogP contribution in [-0.2, 0) is 5.92 Å². The van der Waals surface area contributed by atoms with Crippen LogP contribution in [0.5, 0.6) is 0 Å². The molecule has 1 aliphatic rings. The lowest BCUT2D eigenvalue weighted by Gasteiger charge is -2.23. The molecule has 0 atom stereocenters. The Morgan fingerprint density at radius 3 is 2.47 bits per heavy atom. The molecule has 30 heavy (non-hydrogen) atoms. The van der Waals surface area contributed by atoms with Crippen LogP contribution < -0.4 is 0 Å². The Morgan fingerprint density at radius 1 is 1.03 bits per heavy atom. The highest BCUT2D eigenvalue weighted by Gasteiger charge is 2.59. The minimum Gasteiger partial charge on any atom is -0.422 e. The lowest BCUT2D eigenvalue weighted by molar-refractivity contribution is -0.288. The van der Waals surface area contributed by atoms with Gasteiger partial charge in [0, 0.05) is 28.8 Å². The van der Waals surface area contributed by atoms with Gasteiger partial charge in [0.25, 0.3) is 5.89 Å². The standard InChI is InChI=1S/C19H14F5N5O/c20-18(21,19(22,23)24)12-7-13(10-3-1-2-4-10)27-16-11(12)5-6-15-26-14(8-29(15)16)17-28-25-9-30-17/h5-10H,1-4H2. The van der Waals surface area contributed by atoms with Gasteiger partial charge in [0.15, 0.2) is 0 Å². The molecule has 156 valence electrons. The van der Waals surface area contributed by atoms with Gasteiger partial charge in [-0.05, 0) is 31.0 Å². The van der Waals surface area contributed by atoms with Gasteiger partial charge >= 0.3 is 12.1 Å². The van der Waals surface area contributed by atoms with Gasteiger partial charge in [-0.25, -0.2) is 9.97 Å². The van der Waals surface area contributed by atoms with E-state index in [0.717, 1.165) is 25.3 Å². The number of pyridine rings is 2. The molecule has 0 N–H and O–H groups in total. The molecule has 0 saturated heterocycles. The molecule has 0 aromatic carbocycles. The van der Waals surface area contributed by atoms with Crippen molar-refractivity contribution < 1.29 is 26.4 Å². The lowest BCUT2D eigenvalue weighted by Crippen LogP contribution is -2.34. The van der Waals surface area contributed by atoms with E-state index in [2.05, 4.69) is 20.2 Å². The van der Waals surface area contributed by atoms with Crippen molar-refractivity contribution >= 4 is 16.7 Å². The average molecular weight is 423 g/mol. The van der Waals surface area contributed by atoms with Gasteiger partial charge in [-0.15, -0.1) is 10.2 Å². The molecule has 6 nitrogen and oxygen atoms in total. The van der Waals surface area contributed by atoms with Crippen LogP contribution in [0.15, 0.2) is 35.2 Å². The van der Waals surface area contributed by atoms with Crippen molar-refractivity contribution in [3.8, 4) is 11.6 Å². The number of fused-ring (bicyclic) bond motifs is 3. The number of imidazole rings is 1. The van der Waals surface area contributed by atoms with E-state index in [1.165, 1.54) is 22.7 Å². The summed E-state index contributed by atoms with van der Waals surface area (Å²) in [6, 6.07) is 3.46. The molecule has 0 spiro atoms. The number of hydrogen-bond acceptors (Lipinski definition) is 5. The summed E-state index contributed by atoms with van der Waals surface area (Å²) >= 11 is 0. The number of nitrogens with zero attached hydrogens (tertiary/aromatic N) is 5. The Balaban J connectivity index is 1.81. The molecule has 0 radical (unpaired) electrons. The van der Waals surface area contributed by atoms with E-state index >= 15 is 0 Å². The van der Waals surface area contributed by atoms with Crippen LogP contribution in [0.3, 0.4) is 0 Å². The molecule has 4 aromatic rings. The van der Waals surface area contributed by atoms with Gasteiger partial charge < -0.3 is 4.42 Å². The van der Waals surface area contributed by atoms with Crippen molar-refractivity contribution in [2.45, 2.75) is 43.7 Å². The van der Waals surface area contributed by atoms with Crippen LogP contribution in [0, 0.1) is 0 Å². The second kappa shape index (κ2) is 6.44. The summed E-state index contributed by atoms with van der Waals surface area (Å²) in [5.41, 5.74) is -0.310. The van der Waals surface area contributed by atoms with Gasteiger partial charge in [0.05, 0.1) is 0 Å². The maximum Gasteiger partial charge on any atom is 0.458 e. The second-order valence-electron chi connectivity index (χ2n) is 7.32. The highest BCUT2D eigenvalue weighted by molar-refractivity contribution is 5.84. The van der Waals surface area contributed by atoms with E-state index in [9.17, 15) is 22.0 Å². The fourth-order valence-electron chi connectivity index (χ4n) is 3.98. The summed E-state index contributed by atoms with van der Waals surface area (Å²) < 4.78 is 75.2. The summed E-state index contributed by atoms with van der Waals surface area (Å²) in [6.45, 7) is 0. The van der Waals surface area contributed by atoms with Crippen molar-refractivity contribution in [3.63, 3.8) is 0 Å².